The number of hydrogen-bond acceptors (Lipinski definition) is 4. The number of carbonyl (C=O) groups is 1. The predicted octanol–water partition coefficient (Wildman–Crippen LogP) is 3.25. The third-order valence-corrected chi connectivity index (χ3v) is 4.12. The summed E-state index contributed by atoms with van der Waals surface area (Å²) in [4.78, 5) is 35.3. The van der Waals surface area contributed by atoms with E-state index in [1.807, 2.05) is 24.3 Å². The lowest BCUT2D eigenvalue weighted by Crippen LogP contribution is -2.21. The second-order valence-electron chi connectivity index (χ2n) is 5.58. The van der Waals surface area contributed by atoms with E-state index >= 15 is 0 Å². The van der Waals surface area contributed by atoms with Gasteiger partial charge in [-0.25, -0.2) is 4.79 Å². The number of rotatable bonds is 3. The number of aromatic amines is 2. The first-order valence-electron chi connectivity index (χ1n) is 7.95. The zero-order valence-electron chi connectivity index (χ0n) is 13.5. The van der Waals surface area contributed by atoms with Crippen molar-refractivity contribution in [1.82, 2.24) is 15.0 Å². The van der Waals surface area contributed by atoms with E-state index < -0.39 is 11.5 Å². The van der Waals surface area contributed by atoms with Gasteiger partial charge in [0.2, 0.25) is 0 Å². The number of ether oxygens (including phenoxy) is 1. The molecule has 3 aromatic heterocycles. The Bertz CT molecular complexity index is 1140. The third-order valence-electron chi connectivity index (χ3n) is 4.12. The fraction of sp³-hybridized carbons (Fsp3) is 0.105. The Hall–Kier alpha value is -3.41. The first-order valence-corrected chi connectivity index (χ1v) is 7.95. The maximum absolute atomic E-state index is 12.7. The van der Waals surface area contributed by atoms with Gasteiger partial charge in [0, 0.05) is 28.9 Å². The predicted molar refractivity (Wildman–Crippen MR) is 95.6 cm³/mol. The molecule has 0 saturated carbocycles. The second kappa shape index (κ2) is 5.90. The van der Waals surface area contributed by atoms with Crippen LogP contribution in [0.15, 0.2) is 53.6 Å². The molecule has 0 radical (unpaired) electrons. The minimum atomic E-state index is -0.642. The molecule has 124 valence electrons. The quantitative estimate of drug-likeness (QED) is 0.563. The Morgan fingerprint density at radius 1 is 1.08 bits per heavy atom. The normalized spacial score (nSPS) is 11.1. The molecule has 0 atom stereocenters. The Kier molecular flexibility index (Phi) is 3.57. The van der Waals surface area contributed by atoms with Crippen LogP contribution in [0.25, 0.3) is 33.1 Å². The number of nitrogens with one attached hydrogen (secondary N) is 2. The summed E-state index contributed by atoms with van der Waals surface area (Å²) in [6.45, 7) is 1.90. The Morgan fingerprint density at radius 2 is 1.84 bits per heavy atom. The summed E-state index contributed by atoms with van der Waals surface area (Å²) >= 11 is 0. The Labute approximate surface area is 142 Å². The molecule has 25 heavy (non-hydrogen) atoms. The number of esters is 1. The highest BCUT2D eigenvalue weighted by molar-refractivity contribution is 6.13. The van der Waals surface area contributed by atoms with Crippen molar-refractivity contribution in [3.8, 4) is 11.1 Å². The van der Waals surface area contributed by atoms with Gasteiger partial charge in [0.05, 0.1) is 17.6 Å². The maximum Gasteiger partial charge on any atom is 0.344 e. The molecule has 1 aromatic carbocycles. The number of benzene rings is 1. The number of carbonyl (C=O) groups excluding carboxylic acids is 1. The molecular weight excluding hydrogens is 318 g/mol. The lowest BCUT2D eigenvalue weighted by atomic mass is 10.0. The van der Waals surface area contributed by atoms with Crippen LogP contribution in [0.5, 0.6) is 0 Å². The molecule has 0 aliphatic carbocycles. The van der Waals surface area contributed by atoms with Crippen molar-refractivity contribution in [2.45, 2.75) is 6.92 Å². The van der Waals surface area contributed by atoms with Gasteiger partial charge in [-0.05, 0) is 30.7 Å². The molecule has 2 N–H and O–H groups in total. The first kappa shape index (κ1) is 15.1. The fourth-order valence-electron chi connectivity index (χ4n) is 3.08. The van der Waals surface area contributed by atoms with E-state index in [-0.39, 0.29) is 12.2 Å². The molecule has 0 aliphatic rings. The van der Waals surface area contributed by atoms with E-state index in [1.165, 1.54) is 0 Å². The SMILES string of the molecule is CCOC(=O)c1c(-c2ccncc2)c2[nH]c3ccccc3c2[nH]c1=O. The molecule has 0 fully saturated rings. The summed E-state index contributed by atoms with van der Waals surface area (Å²) in [5, 5.41) is 0.889. The van der Waals surface area contributed by atoms with Crippen LogP contribution >= 0.6 is 0 Å². The number of para-hydroxylation sites is 1. The fourth-order valence-corrected chi connectivity index (χ4v) is 3.08. The largest absolute Gasteiger partial charge is 0.462 e. The molecule has 6 heteroatoms. The summed E-state index contributed by atoms with van der Waals surface area (Å²) in [5.74, 6) is -0.642. The molecule has 0 saturated heterocycles. The van der Waals surface area contributed by atoms with Crippen LogP contribution in [0.3, 0.4) is 0 Å². The van der Waals surface area contributed by atoms with Crippen LogP contribution in [0.4, 0.5) is 0 Å². The van der Waals surface area contributed by atoms with Crippen molar-refractivity contribution in [1.29, 1.82) is 0 Å². The lowest BCUT2D eigenvalue weighted by molar-refractivity contribution is 0.0525. The minimum absolute atomic E-state index is 0.00731. The monoisotopic (exact) mass is 333 g/mol. The zero-order chi connectivity index (χ0) is 17.4. The van der Waals surface area contributed by atoms with E-state index in [4.69, 9.17) is 4.74 Å². The number of nitrogens with zero attached hydrogens (tertiary/aromatic N) is 1. The molecule has 0 spiro atoms. The van der Waals surface area contributed by atoms with Crippen LogP contribution in [-0.2, 0) is 4.74 Å². The van der Waals surface area contributed by atoms with Crippen molar-refractivity contribution in [3.05, 3.63) is 64.7 Å². The van der Waals surface area contributed by atoms with E-state index in [1.54, 1.807) is 31.5 Å². The van der Waals surface area contributed by atoms with Gasteiger partial charge in [-0.2, -0.15) is 0 Å². The van der Waals surface area contributed by atoms with E-state index in [0.717, 1.165) is 16.5 Å². The number of fused-ring (bicyclic) bond motifs is 3. The van der Waals surface area contributed by atoms with E-state index in [9.17, 15) is 9.59 Å². The summed E-state index contributed by atoms with van der Waals surface area (Å²) in [7, 11) is 0. The van der Waals surface area contributed by atoms with Gasteiger partial charge in [0.25, 0.3) is 5.56 Å². The van der Waals surface area contributed by atoms with Crippen molar-refractivity contribution in [2.75, 3.05) is 6.61 Å². The minimum Gasteiger partial charge on any atom is -0.462 e. The second-order valence-corrected chi connectivity index (χ2v) is 5.58. The average Bonchev–Trinajstić information content (AvgIpc) is 2.99. The van der Waals surface area contributed by atoms with E-state index in [2.05, 4.69) is 15.0 Å². The first-order chi connectivity index (χ1) is 12.2. The van der Waals surface area contributed by atoms with Crippen LogP contribution in [0.2, 0.25) is 0 Å². The molecule has 3 heterocycles. The maximum atomic E-state index is 12.7. The van der Waals surface area contributed by atoms with Gasteiger partial charge in [0.1, 0.15) is 5.56 Å². The number of hydrogen-bond donors (Lipinski definition) is 2. The number of pyridine rings is 2. The van der Waals surface area contributed by atoms with Crippen molar-refractivity contribution in [3.63, 3.8) is 0 Å². The number of aromatic nitrogens is 3. The van der Waals surface area contributed by atoms with Crippen LogP contribution in [-0.4, -0.2) is 27.5 Å². The number of H-pyrrole nitrogens is 2. The van der Waals surface area contributed by atoms with Gasteiger partial charge in [-0.3, -0.25) is 9.78 Å². The smallest absolute Gasteiger partial charge is 0.344 e. The van der Waals surface area contributed by atoms with E-state index in [0.29, 0.717) is 16.6 Å². The van der Waals surface area contributed by atoms with Gasteiger partial charge < -0.3 is 14.7 Å². The highest BCUT2D eigenvalue weighted by Gasteiger charge is 2.23. The topological polar surface area (TPSA) is 87.8 Å². The van der Waals surface area contributed by atoms with Crippen LogP contribution < -0.4 is 5.56 Å². The van der Waals surface area contributed by atoms with Gasteiger partial charge >= 0.3 is 5.97 Å². The molecule has 0 amide bonds. The van der Waals surface area contributed by atoms with Crippen molar-refractivity contribution >= 4 is 27.9 Å². The zero-order valence-corrected chi connectivity index (χ0v) is 13.5. The molecule has 4 aromatic rings. The Morgan fingerprint density at radius 3 is 2.60 bits per heavy atom. The van der Waals surface area contributed by atoms with Gasteiger partial charge in [0.15, 0.2) is 0 Å². The standard InChI is InChI=1S/C19H15N3O3/c1-2-25-19(24)15-14(11-7-9-20-10-8-11)17-16(22-18(15)23)12-5-3-4-6-13(12)21-17/h3-10,21H,2H2,1H3,(H,22,23). The third kappa shape index (κ3) is 2.39. The van der Waals surface area contributed by atoms with Crippen molar-refractivity contribution < 1.29 is 9.53 Å². The Balaban J connectivity index is 2.17. The molecule has 6 nitrogen and oxygen atoms in total. The molecule has 0 unspecified atom stereocenters. The highest BCUT2D eigenvalue weighted by Crippen LogP contribution is 2.33. The van der Waals surface area contributed by atoms with Gasteiger partial charge in [-0.15, -0.1) is 0 Å². The summed E-state index contributed by atoms with van der Waals surface area (Å²) in [5.41, 5.74) is 3.01. The van der Waals surface area contributed by atoms with Crippen molar-refractivity contribution in [2.24, 2.45) is 0 Å². The lowest BCUT2D eigenvalue weighted by Gasteiger charge is -2.10. The molecular formula is C19H15N3O3. The van der Waals surface area contributed by atoms with Gasteiger partial charge in [-0.1, -0.05) is 18.2 Å². The molecule has 0 bridgehead atoms. The summed E-state index contributed by atoms with van der Waals surface area (Å²) < 4.78 is 5.11. The average molecular weight is 333 g/mol. The molecule has 0 aliphatic heterocycles. The molecule has 4 rings (SSSR count). The van der Waals surface area contributed by atoms with Crippen LogP contribution in [0, 0.1) is 0 Å². The summed E-state index contributed by atoms with van der Waals surface area (Å²) in [6.07, 6.45) is 3.25. The summed E-state index contributed by atoms with van der Waals surface area (Å²) in [6, 6.07) is 11.2. The highest BCUT2D eigenvalue weighted by atomic mass is 16.5. The van der Waals surface area contributed by atoms with Crippen LogP contribution in [0.1, 0.15) is 17.3 Å².